The predicted octanol–water partition coefficient (Wildman–Crippen LogP) is 5.25. The summed E-state index contributed by atoms with van der Waals surface area (Å²) in [5.41, 5.74) is 1.70. The van der Waals surface area contributed by atoms with E-state index in [1.165, 1.54) is 11.8 Å². The Kier molecular flexibility index (Phi) is 5.38. The van der Waals surface area contributed by atoms with E-state index < -0.39 is 0 Å². The normalized spacial score (nSPS) is 16.1. The molecule has 1 saturated heterocycles. The molecule has 0 unspecified atom stereocenters. The van der Waals surface area contributed by atoms with Crippen LogP contribution in [-0.2, 0) is 4.79 Å². The van der Waals surface area contributed by atoms with Gasteiger partial charge in [0.2, 0.25) is 0 Å². The fourth-order valence-electron chi connectivity index (χ4n) is 2.30. The second-order valence-corrected chi connectivity index (χ2v) is 7.59. The zero-order chi connectivity index (χ0) is 17.1. The first-order valence-electron chi connectivity index (χ1n) is 7.35. The standard InChI is InChI=1S/C18H14BrNO2S2/c1-2-22-15-8-6-14(7-9-15)20-17(21)16(24-18(20)23)11-12-4-3-5-13(19)10-12/h3-11H,2H2,1H3/b16-11+. The molecule has 0 aliphatic carbocycles. The van der Waals surface area contributed by atoms with Crippen molar-refractivity contribution >= 4 is 61.9 Å². The van der Waals surface area contributed by atoms with Gasteiger partial charge in [0.15, 0.2) is 4.32 Å². The lowest BCUT2D eigenvalue weighted by Gasteiger charge is -2.15. The Morgan fingerprint density at radius 1 is 1.25 bits per heavy atom. The molecule has 1 aliphatic heterocycles. The SMILES string of the molecule is CCOc1ccc(N2C(=O)/C(=C\c3cccc(Br)c3)SC2=S)cc1. The minimum atomic E-state index is -0.103. The number of carbonyl (C=O) groups excluding carboxylic acids is 1. The number of rotatable bonds is 4. The summed E-state index contributed by atoms with van der Waals surface area (Å²) < 4.78 is 6.93. The number of benzene rings is 2. The van der Waals surface area contributed by atoms with Gasteiger partial charge >= 0.3 is 0 Å². The first kappa shape index (κ1) is 17.2. The number of ether oxygens (including phenoxy) is 1. The highest BCUT2D eigenvalue weighted by molar-refractivity contribution is 9.10. The van der Waals surface area contributed by atoms with Crippen molar-refractivity contribution < 1.29 is 9.53 Å². The Morgan fingerprint density at radius 2 is 2.00 bits per heavy atom. The number of thiocarbonyl (C=S) groups is 1. The molecular weight excluding hydrogens is 406 g/mol. The van der Waals surface area contributed by atoms with Gasteiger partial charge in [-0.1, -0.05) is 52.0 Å². The maximum atomic E-state index is 12.7. The van der Waals surface area contributed by atoms with Gasteiger partial charge in [0.05, 0.1) is 17.2 Å². The smallest absolute Gasteiger partial charge is 0.270 e. The molecule has 1 fully saturated rings. The van der Waals surface area contributed by atoms with E-state index in [0.717, 1.165) is 21.5 Å². The van der Waals surface area contributed by atoms with Crippen molar-refractivity contribution in [2.45, 2.75) is 6.92 Å². The lowest BCUT2D eigenvalue weighted by molar-refractivity contribution is -0.113. The van der Waals surface area contributed by atoms with Gasteiger partial charge in [0.25, 0.3) is 5.91 Å². The molecule has 1 aliphatic rings. The maximum absolute atomic E-state index is 12.7. The summed E-state index contributed by atoms with van der Waals surface area (Å²) in [5, 5.41) is 0. The van der Waals surface area contributed by atoms with Crippen molar-refractivity contribution in [3.8, 4) is 5.75 Å². The molecule has 0 aromatic heterocycles. The highest BCUT2D eigenvalue weighted by Crippen LogP contribution is 2.36. The van der Waals surface area contributed by atoms with E-state index in [9.17, 15) is 4.79 Å². The molecule has 1 heterocycles. The topological polar surface area (TPSA) is 29.5 Å². The van der Waals surface area contributed by atoms with Gasteiger partial charge < -0.3 is 4.74 Å². The monoisotopic (exact) mass is 419 g/mol. The van der Waals surface area contributed by atoms with E-state index in [2.05, 4.69) is 15.9 Å². The number of hydrogen-bond donors (Lipinski definition) is 0. The van der Waals surface area contributed by atoms with Gasteiger partial charge in [-0.25, -0.2) is 0 Å². The van der Waals surface area contributed by atoms with E-state index in [0.29, 0.717) is 15.8 Å². The van der Waals surface area contributed by atoms with Crippen LogP contribution in [-0.4, -0.2) is 16.8 Å². The molecule has 24 heavy (non-hydrogen) atoms. The predicted molar refractivity (Wildman–Crippen MR) is 107 cm³/mol. The minimum Gasteiger partial charge on any atom is -0.494 e. The molecule has 3 rings (SSSR count). The number of thioether (sulfide) groups is 1. The minimum absolute atomic E-state index is 0.103. The number of carbonyl (C=O) groups is 1. The Hall–Kier alpha value is -1.63. The van der Waals surface area contributed by atoms with Crippen LogP contribution in [0, 0.1) is 0 Å². The van der Waals surface area contributed by atoms with Crippen LogP contribution in [0.2, 0.25) is 0 Å². The Balaban J connectivity index is 1.86. The molecular formula is C18H14BrNO2S2. The van der Waals surface area contributed by atoms with Crippen LogP contribution < -0.4 is 9.64 Å². The number of halogens is 1. The van der Waals surface area contributed by atoms with Crippen LogP contribution in [0.4, 0.5) is 5.69 Å². The molecule has 0 bridgehead atoms. The molecule has 2 aromatic rings. The maximum Gasteiger partial charge on any atom is 0.270 e. The molecule has 0 saturated carbocycles. The van der Waals surface area contributed by atoms with Crippen molar-refractivity contribution in [3.05, 3.63) is 63.5 Å². The Bertz CT molecular complexity index is 818. The van der Waals surface area contributed by atoms with Gasteiger partial charge in [-0.05, 0) is 55.0 Å². The number of nitrogens with zero attached hydrogens (tertiary/aromatic N) is 1. The third-order valence-electron chi connectivity index (χ3n) is 3.35. The van der Waals surface area contributed by atoms with Crippen molar-refractivity contribution in [2.75, 3.05) is 11.5 Å². The van der Waals surface area contributed by atoms with Crippen LogP contribution >= 0.6 is 39.9 Å². The zero-order valence-corrected chi connectivity index (χ0v) is 16.1. The van der Waals surface area contributed by atoms with E-state index in [1.54, 1.807) is 4.90 Å². The van der Waals surface area contributed by atoms with Crippen LogP contribution in [0.25, 0.3) is 6.08 Å². The lowest BCUT2D eigenvalue weighted by Crippen LogP contribution is -2.27. The average molecular weight is 420 g/mol. The molecule has 1 amide bonds. The van der Waals surface area contributed by atoms with Gasteiger partial charge in [0.1, 0.15) is 5.75 Å². The summed E-state index contributed by atoms with van der Waals surface area (Å²) in [6.07, 6.45) is 1.86. The van der Waals surface area contributed by atoms with E-state index in [1.807, 2.05) is 61.5 Å². The fourth-order valence-corrected chi connectivity index (χ4v) is 4.01. The zero-order valence-electron chi connectivity index (χ0n) is 12.9. The lowest BCUT2D eigenvalue weighted by atomic mass is 10.2. The first-order chi connectivity index (χ1) is 11.6. The highest BCUT2D eigenvalue weighted by Gasteiger charge is 2.33. The molecule has 0 N–H and O–H groups in total. The van der Waals surface area contributed by atoms with Crippen molar-refractivity contribution in [3.63, 3.8) is 0 Å². The molecule has 6 heteroatoms. The van der Waals surface area contributed by atoms with Gasteiger partial charge in [-0.15, -0.1) is 0 Å². The second kappa shape index (κ2) is 7.51. The number of anilines is 1. The summed E-state index contributed by atoms with van der Waals surface area (Å²) in [7, 11) is 0. The summed E-state index contributed by atoms with van der Waals surface area (Å²) in [5.74, 6) is 0.672. The molecule has 0 atom stereocenters. The van der Waals surface area contributed by atoms with E-state index in [4.69, 9.17) is 17.0 Å². The molecule has 0 radical (unpaired) electrons. The van der Waals surface area contributed by atoms with Crippen LogP contribution in [0.15, 0.2) is 57.9 Å². The van der Waals surface area contributed by atoms with Crippen LogP contribution in [0.3, 0.4) is 0 Å². The largest absolute Gasteiger partial charge is 0.494 e. The van der Waals surface area contributed by atoms with Gasteiger partial charge in [-0.2, -0.15) is 0 Å². The van der Waals surface area contributed by atoms with E-state index >= 15 is 0 Å². The van der Waals surface area contributed by atoms with Gasteiger partial charge in [-0.3, -0.25) is 9.69 Å². The summed E-state index contributed by atoms with van der Waals surface area (Å²) in [6.45, 7) is 2.54. The molecule has 2 aromatic carbocycles. The van der Waals surface area contributed by atoms with Gasteiger partial charge in [0, 0.05) is 4.47 Å². The fraction of sp³-hybridized carbons (Fsp3) is 0.111. The summed E-state index contributed by atoms with van der Waals surface area (Å²) in [4.78, 5) is 14.9. The second-order valence-electron chi connectivity index (χ2n) is 5.00. The highest BCUT2D eigenvalue weighted by atomic mass is 79.9. The Labute approximate surface area is 158 Å². The number of amides is 1. The van der Waals surface area contributed by atoms with Crippen molar-refractivity contribution in [2.24, 2.45) is 0 Å². The van der Waals surface area contributed by atoms with Crippen LogP contribution in [0.5, 0.6) is 5.75 Å². The summed E-state index contributed by atoms with van der Waals surface area (Å²) in [6, 6.07) is 15.2. The molecule has 3 nitrogen and oxygen atoms in total. The summed E-state index contributed by atoms with van der Waals surface area (Å²) >= 11 is 10.1. The molecule has 122 valence electrons. The van der Waals surface area contributed by atoms with E-state index in [-0.39, 0.29) is 5.91 Å². The van der Waals surface area contributed by atoms with Crippen LogP contribution in [0.1, 0.15) is 12.5 Å². The average Bonchev–Trinajstić information content (AvgIpc) is 2.83. The quantitative estimate of drug-likeness (QED) is 0.499. The Morgan fingerprint density at radius 3 is 2.67 bits per heavy atom. The number of hydrogen-bond acceptors (Lipinski definition) is 4. The first-order valence-corrected chi connectivity index (χ1v) is 9.36. The third-order valence-corrected chi connectivity index (χ3v) is 5.14. The van der Waals surface area contributed by atoms with Crippen molar-refractivity contribution in [1.29, 1.82) is 0 Å². The van der Waals surface area contributed by atoms with Crippen molar-refractivity contribution in [1.82, 2.24) is 0 Å². The third kappa shape index (κ3) is 3.71. The molecule has 0 spiro atoms.